The van der Waals surface area contributed by atoms with Crippen molar-refractivity contribution in [3.63, 3.8) is 0 Å². The minimum atomic E-state index is -0.0130. The first kappa shape index (κ1) is 15.4. The molecule has 0 unspecified atom stereocenters. The van der Waals surface area contributed by atoms with Crippen molar-refractivity contribution in [2.75, 3.05) is 6.61 Å². The topological polar surface area (TPSA) is 51.2 Å². The van der Waals surface area contributed by atoms with Crippen LogP contribution in [0.4, 0.5) is 0 Å². The summed E-state index contributed by atoms with van der Waals surface area (Å²) in [7, 11) is 0. The number of rotatable bonds is 6. The van der Waals surface area contributed by atoms with E-state index in [1.807, 2.05) is 13.1 Å². The van der Waals surface area contributed by atoms with Crippen LogP contribution in [0.15, 0.2) is 6.20 Å². The van der Waals surface area contributed by atoms with Crippen LogP contribution < -0.4 is 5.32 Å². The van der Waals surface area contributed by atoms with Gasteiger partial charge in [0.1, 0.15) is 0 Å². The maximum absolute atomic E-state index is 11.7. The maximum Gasteiger partial charge on any atom is 0.308 e. The van der Waals surface area contributed by atoms with E-state index >= 15 is 0 Å². The van der Waals surface area contributed by atoms with E-state index in [4.69, 9.17) is 4.74 Å². The Balaban J connectivity index is 1.70. The number of aromatic nitrogens is 1. The molecule has 1 heterocycles. The van der Waals surface area contributed by atoms with Gasteiger partial charge in [0, 0.05) is 23.7 Å². The van der Waals surface area contributed by atoms with Gasteiger partial charge in [-0.15, -0.1) is 11.3 Å². The number of nitrogens with one attached hydrogen (secondary N) is 1. The molecule has 1 fully saturated rings. The molecule has 0 spiro atoms. The van der Waals surface area contributed by atoms with Gasteiger partial charge >= 0.3 is 5.97 Å². The second-order valence-corrected chi connectivity index (χ2v) is 6.46. The Labute approximate surface area is 124 Å². The zero-order valence-corrected chi connectivity index (χ0v) is 13.2. The van der Waals surface area contributed by atoms with E-state index in [9.17, 15) is 4.79 Å². The molecule has 20 heavy (non-hydrogen) atoms. The van der Waals surface area contributed by atoms with E-state index in [1.54, 1.807) is 11.3 Å². The lowest BCUT2D eigenvalue weighted by Crippen LogP contribution is -2.34. The molecule has 1 aromatic heterocycles. The smallest absolute Gasteiger partial charge is 0.308 e. The molecule has 0 aliphatic heterocycles. The Hall–Kier alpha value is -0.940. The molecule has 112 valence electrons. The molecule has 1 aliphatic rings. The lowest BCUT2D eigenvalue weighted by Gasteiger charge is -2.27. The van der Waals surface area contributed by atoms with Crippen LogP contribution in [-0.2, 0) is 22.5 Å². The largest absolute Gasteiger partial charge is 0.466 e. The fourth-order valence-electron chi connectivity index (χ4n) is 2.63. The zero-order valence-electron chi connectivity index (χ0n) is 12.4. The van der Waals surface area contributed by atoms with Crippen LogP contribution in [0.3, 0.4) is 0 Å². The molecule has 1 N–H and O–H groups in total. The number of carbonyl (C=O) groups excluding carboxylic acids is 1. The fraction of sp³-hybridized carbons (Fsp3) is 0.733. The van der Waals surface area contributed by atoms with Gasteiger partial charge in [0.15, 0.2) is 0 Å². The van der Waals surface area contributed by atoms with Gasteiger partial charge in [0.25, 0.3) is 0 Å². The highest BCUT2D eigenvalue weighted by Gasteiger charge is 2.26. The van der Waals surface area contributed by atoms with Crippen molar-refractivity contribution in [3.8, 4) is 0 Å². The summed E-state index contributed by atoms with van der Waals surface area (Å²) in [5.74, 6) is 0.101. The molecule has 5 heteroatoms. The van der Waals surface area contributed by atoms with Crippen LogP contribution in [-0.4, -0.2) is 23.6 Å². The Bertz CT molecular complexity index is 425. The predicted molar refractivity (Wildman–Crippen MR) is 80.7 cm³/mol. The minimum absolute atomic E-state index is 0.0130. The Morgan fingerprint density at radius 2 is 2.15 bits per heavy atom. The second-order valence-electron chi connectivity index (χ2n) is 5.26. The van der Waals surface area contributed by atoms with Gasteiger partial charge in [-0.2, -0.15) is 0 Å². The quantitative estimate of drug-likeness (QED) is 0.820. The Morgan fingerprint density at radius 1 is 1.40 bits per heavy atom. The lowest BCUT2D eigenvalue weighted by molar-refractivity contribution is -0.149. The fourth-order valence-corrected chi connectivity index (χ4v) is 3.44. The van der Waals surface area contributed by atoms with Crippen LogP contribution in [0.1, 0.15) is 49.4 Å². The predicted octanol–water partition coefficient (Wildman–Crippen LogP) is 2.92. The first-order valence-electron chi connectivity index (χ1n) is 7.56. The highest BCUT2D eigenvalue weighted by atomic mass is 32.1. The van der Waals surface area contributed by atoms with Crippen LogP contribution in [0.25, 0.3) is 0 Å². The van der Waals surface area contributed by atoms with E-state index in [0.29, 0.717) is 12.6 Å². The number of ether oxygens (including phenoxy) is 1. The molecule has 0 aromatic carbocycles. The van der Waals surface area contributed by atoms with Gasteiger partial charge in [-0.25, -0.2) is 4.98 Å². The molecule has 1 aromatic rings. The zero-order chi connectivity index (χ0) is 14.4. The van der Waals surface area contributed by atoms with Crippen molar-refractivity contribution in [2.24, 2.45) is 5.92 Å². The SMILES string of the molecule is CCOC(=O)C1CCC(NCc2cnc(CC)s2)CC1. The third kappa shape index (κ3) is 4.28. The Kier molecular flexibility index (Phi) is 5.98. The average molecular weight is 296 g/mol. The summed E-state index contributed by atoms with van der Waals surface area (Å²) in [6.07, 6.45) is 6.99. The standard InChI is InChI=1S/C15H24N2O2S/c1-3-14-17-10-13(20-14)9-16-12-7-5-11(6-8-12)15(18)19-4-2/h10-12,16H,3-9H2,1-2H3. The van der Waals surface area contributed by atoms with Gasteiger partial charge in [-0.1, -0.05) is 6.92 Å². The minimum Gasteiger partial charge on any atom is -0.466 e. The van der Waals surface area contributed by atoms with Crippen LogP contribution in [0, 0.1) is 5.92 Å². The normalized spacial score (nSPS) is 22.7. The van der Waals surface area contributed by atoms with Crippen molar-refractivity contribution in [2.45, 2.75) is 58.5 Å². The van der Waals surface area contributed by atoms with E-state index in [-0.39, 0.29) is 11.9 Å². The number of hydrogen-bond donors (Lipinski definition) is 1. The van der Waals surface area contributed by atoms with Gasteiger partial charge in [-0.05, 0) is 39.0 Å². The molecular weight excluding hydrogens is 272 g/mol. The molecule has 4 nitrogen and oxygen atoms in total. The van der Waals surface area contributed by atoms with Crippen molar-refractivity contribution >= 4 is 17.3 Å². The molecule has 2 rings (SSSR count). The van der Waals surface area contributed by atoms with Crippen molar-refractivity contribution in [3.05, 3.63) is 16.1 Å². The number of carbonyl (C=O) groups is 1. The number of esters is 1. The summed E-state index contributed by atoms with van der Waals surface area (Å²) >= 11 is 1.79. The van der Waals surface area contributed by atoms with Gasteiger partial charge in [0.2, 0.25) is 0 Å². The van der Waals surface area contributed by atoms with E-state index in [0.717, 1.165) is 38.6 Å². The van der Waals surface area contributed by atoms with Crippen molar-refractivity contribution < 1.29 is 9.53 Å². The molecule has 0 bridgehead atoms. The highest BCUT2D eigenvalue weighted by Crippen LogP contribution is 2.26. The molecule has 0 radical (unpaired) electrons. The number of hydrogen-bond acceptors (Lipinski definition) is 5. The molecular formula is C15H24N2O2S. The number of aryl methyl sites for hydroxylation is 1. The van der Waals surface area contributed by atoms with Gasteiger partial charge in [-0.3, -0.25) is 4.79 Å². The van der Waals surface area contributed by atoms with Crippen molar-refractivity contribution in [1.82, 2.24) is 10.3 Å². The van der Waals surface area contributed by atoms with E-state index < -0.39 is 0 Å². The summed E-state index contributed by atoms with van der Waals surface area (Å²) in [6, 6.07) is 0.521. The molecule has 1 saturated carbocycles. The summed E-state index contributed by atoms with van der Waals surface area (Å²) < 4.78 is 5.10. The van der Waals surface area contributed by atoms with Crippen LogP contribution >= 0.6 is 11.3 Å². The molecule has 1 aliphatic carbocycles. The summed E-state index contributed by atoms with van der Waals surface area (Å²) in [6.45, 7) is 5.38. The summed E-state index contributed by atoms with van der Waals surface area (Å²) in [4.78, 5) is 17.3. The number of nitrogens with zero attached hydrogens (tertiary/aromatic N) is 1. The third-order valence-electron chi connectivity index (χ3n) is 3.82. The van der Waals surface area contributed by atoms with Gasteiger partial charge in [0.05, 0.1) is 17.5 Å². The van der Waals surface area contributed by atoms with E-state index in [2.05, 4.69) is 17.2 Å². The number of thiazole rings is 1. The summed E-state index contributed by atoms with van der Waals surface area (Å²) in [5.41, 5.74) is 0. The lowest BCUT2D eigenvalue weighted by atomic mass is 9.86. The molecule has 0 amide bonds. The molecule has 0 atom stereocenters. The van der Waals surface area contributed by atoms with Crippen LogP contribution in [0.5, 0.6) is 0 Å². The highest BCUT2D eigenvalue weighted by molar-refractivity contribution is 7.11. The van der Waals surface area contributed by atoms with Gasteiger partial charge < -0.3 is 10.1 Å². The maximum atomic E-state index is 11.7. The first-order chi connectivity index (χ1) is 9.72. The average Bonchev–Trinajstić information content (AvgIpc) is 2.94. The monoisotopic (exact) mass is 296 g/mol. The second kappa shape index (κ2) is 7.74. The first-order valence-corrected chi connectivity index (χ1v) is 8.38. The molecule has 0 saturated heterocycles. The summed E-state index contributed by atoms with van der Waals surface area (Å²) in [5, 5.41) is 4.79. The van der Waals surface area contributed by atoms with Crippen molar-refractivity contribution in [1.29, 1.82) is 0 Å². The van der Waals surface area contributed by atoms with E-state index in [1.165, 1.54) is 9.88 Å². The van der Waals surface area contributed by atoms with Crippen LogP contribution in [0.2, 0.25) is 0 Å². The Morgan fingerprint density at radius 3 is 2.75 bits per heavy atom. The third-order valence-corrected chi connectivity index (χ3v) is 4.96.